The first-order valence-corrected chi connectivity index (χ1v) is 13.8. The molecule has 1 saturated heterocycles. The van der Waals surface area contributed by atoms with Crippen LogP contribution in [0.4, 0.5) is 10.1 Å². The average Bonchev–Trinajstić information content (AvgIpc) is 3.49. The molecule has 0 saturated carbocycles. The molecule has 0 radical (unpaired) electrons. The van der Waals surface area contributed by atoms with Crippen LogP contribution < -0.4 is 10.1 Å². The molecule has 1 spiro atoms. The zero-order chi connectivity index (χ0) is 29.2. The van der Waals surface area contributed by atoms with Gasteiger partial charge in [-0.1, -0.05) is 72.3 Å². The molecule has 0 aromatic heterocycles. The lowest BCUT2D eigenvalue weighted by atomic mass is 9.62. The number of halogens is 1. The number of para-hydroxylation sites is 1. The van der Waals surface area contributed by atoms with E-state index in [1.165, 1.54) is 19.2 Å². The normalized spacial score (nSPS) is 23.3. The lowest BCUT2D eigenvalue weighted by Gasteiger charge is -2.38. The highest BCUT2D eigenvalue weighted by molar-refractivity contribution is 6.16. The topological polar surface area (TPSA) is 75.7 Å². The van der Waals surface area contributed by atoms with E-state index >= 15 is 0 Å². The summed E-state index contributed by atoms with van der Waals surface area (Å²) in [4.78, 5) is 45.7. The summed E-state index contributed by atoms with van der Waals surface area (Å²) in [6, 6.07) is 24.5. The van der Waals surface area contributed by atoms with Gasteiger partial charge in [0.25, 0.3) is 0 Å². The van der Waals surface area contributed by atoms with E-state index in [1.807, 2.05) is 78.7 Å². The van der Waals surface area contributed by atoms with E-state index in [4.69, 9.17) is 4.74 Å². The number of anilines is 1. The van der Waals surface area contributed by atoms with Gasteiger partial charge in [0, 0.05) is 23.0 Å². The third-order valence-electron chi connectivity index (χ3n) is 8.89. The summed E-state index contributed by atoms with van der Waals surface area (Å²) in [5.41, 5.74) is 2.98. The quantitative estimate of drug-likeness (QED) is 0.299. The van der Waals surface area contributed by atoms with Crippen LogP contribution in [0.25, 0.3) is 6.08 Å². The molecule has 7 rings (SSSR count). The second-order valence-corrected chi connectivity index (χ2v) is 11.0. The van der Waals surface area contributed by atoms with Gasteiger partial charge in [0.2, 0.25) is 5.91 Å². The number of carbonyl (C=O) groups excluding carboxylic acids is 3. The Kier molecular flexibility index (Phi) is 5.87. The summed E-state index contributed by atoms with van der Waals surface area (Å²) in [5.74, 6) is -3.02. The largest absolute Gasteiger partial charge is 0.494 e. The van der Waals surface area contributed by atoms with Gasteiger partial charge in [0.1, 0.15) is 11.5 Å². The number of amides is 1. The molecule has 4 aromatic rings. The number of benzene rings is 4. The monoisotopic (exact) mass is 558 g/mol. The molecule has 7 heteroatoms. The molecule has 1 fully saturated rings. The van der Waals surface area contributed by atoms with Gasteiger partial charge in [0.05, 0.1) is 19.1 Å². The molecular weight excluding hydrogens is 531 g/mol. The Balaban J connectivity index is 1.52. The number of nitrogens with zero attached hydrogens (tertiary/aromatic N) is 1. The Morgan fingerprint density at radius 3 is 2.38 bits per heavy atom. The molecule has 208 valence electrons. The van der Waals surface area contributed by atoms with E-state index in [0.717, 1.165) is 22.8 Å². The zero-order valence-electron chi connectivity index (χ0n) is 23.0. The number of rotatable bonds is 5. The van der Waals surface area contributed by atoms with Crippen molar-refractivity contribution in [3.8, 4) is 5.75 Å². The van der Waals surface area contributed by atoms with Crippen LogP contribution in [0.3, 0.4) is 0 Å². The van der Waals surface area contributed by atoms with E-state index in [2.05, 4.69) is 5.32 Å². The van der Waals surface area contributed by atoms with E-state index in [0.29, 0.717) is 16.8 Å². The van der Waals surface area contributed by atoms with Gasteiger partial charge < -0.3 is 15.0 Å². The second kappa shape index (κ2) is 9.52. The number of carbonyl (C=O) groups is 3. The van der Waals surface area contributed by atoms with Crippen LogP contribution >= 0.6 is 0 Å². The third-order valence-corrected chi connectivity index (χ3v) is 8.89. The van der Waals surface area contributed by atoms with Gasteiger partial charge in [-0.3, -0.25) is 14.4 Å². The minimum atomic E-state index is -1.48. The van der Waals surface area contributed by atoms with Gasteiger partial charge in [0.15, 0.2) is 23.1 Å². The summed E-state index contributed by atoms with van der Waals surface area (Å²) in [7, 11) is 1.35. The zero-order valence-corrected chi connectivity index (χ0v) is 23.0. The standard InChI is InChI=1S/C35H27FN2O4/c1-20-11-13-22(14-12-20)32(40)30-29(31(39)23-15-16-28(42-2)26(36)19-23)35(25-9-5-6-10-27(25)37-34(35)41)33-24-8-4-3-7-21(24)17-18-38(30)33/h3-19,29-30,33H,1-2H3,(H,37,41)/t29-,30+,33-,35+/m1/s1. The minimum absolute atomic E-state index is 0.00166. The third kappa shape index (κ3) is 3.52. The Bertz CT molecular complexity index is 1810. The number of hydrogen-bond donors (Lipinski definition) is 1. The molecule has 6 nitrogen and oxygen atoms in total. The van der Waals surface area contributed by atoms with Crippen LogP contribution in [0.15, 0.2) is 97.2 Å². The molecule has 0 unspecified atom stereocenters. The van der Waals surface area contributed by atoms with Crippen molar-refractivity contribution >= 4 is 29.2 Å². The number of hydrogen-bond acceptors (Lipinski definition) is 5. The fraction of sp³-hybridized carbons (Fsp3) is 0.171. The summed E-state index contributed by atoms with van der Waals surface area (Å²) < 4.78 is 20.1. The molecule has 3 aliphatic heterocycles. The average molecular weight is 559 g/mol. The summed E-state index contributed by atoms with van der Waals surface area (Å²) >= 11 is 0. The fourth-order valence-corrected chi connectivity index (χ4v) is 7.06. The second-order valence-electron chi connectivity index (χ2n) is 11.0. The molecule has 1 N–H and O–H groups in total. The highest BCUT2D eigenvalue weighted by Gasteiger charge is 2.70. The van der Waals surface area contributed by atoms with E-state index in [9.17, 15) is 18.8 Å². The van der Waals surface area contributed by atoms with Gasteiger partial charge in [-0.2, -0.15) is 0 Å². The van der Waals surface area contributed by atoms with E-state index in [1.54, 1.807) is 18.2 Å². The number of methoxy groups -OCH3 is 1. The summed E-state index contributed by atoms with van der Waals surface area (Å²) in [6.45, 7) is 1.93. The molecule has 3 heterocycles. The van der Waals surface area contributed by atoms with Crippen LogP contribution in [0, 0.1) is 18.7 Å². The Labute approximate surface area is 242 Å². The first-order chi connectivity index (χ1) is 20.4. The van der Waals surface area contributed by atoms with Crippen LogP contribution in [0.5, 0.6) is 5.75 Å². The molecule has 1 amide bonds. The maximum atomic E-state index is 15.0. The molecular formula is C35H27FN2O4. The lowest BCUT2D eigenvalue weighted by Crippen LogP contribution is -2.49. The van der Waals surface area contributed by atoms with Crippen molar-refractivity contribution in [2.24, 2.45) is 5.92 Å². The molecule has 3 aliphatic rings. The van der Waals surface area contributed by atoms with Crippen LogP contribution in [0.2, 0.25) is 0 Å². The Hall–Kier alpha value is -5.04. The van der Waals surface area contributed by atoms with Gasteiger partial charge >= 0.3 is 0 Å². The van der Waals surface area contributed by atoms with Crippen molar-refractivity contribution in [2.45, 2.75) is 24.4 Å². The van der Waals surface area contributed by atoms with Gasteiger partial charge in [-0.15, -0.1) is 0 Å². The molecule has 42 heavy (non-hydrogen) atoms. The minimum Gasteiger partial charge on any atom is -0.494 e. The first kappa shape index (κ1) is 25.9. The molecule has 4 aromatic carbocycles. The number of nitrogens with one attached hydrogen (secondary N) is 1. The first-order valence-electron chi connectivity index (χ1n) is 13.8. The van der Waals surface area contributed by atoms with Gasteiger partial charge in [-0.05, 0) is 54.0 Å². The number of aryl methyl sites for hydroxylation is 1. The fourth-order valence-electron chi connectivity index (χ4n) is 7.06. The highest BCUT2D eigenvalue weighted by atomic mass is 19.1. The van der Waals surface area contributed by atoms with Crippen molar-refractivity contribution in [3.05, 3.63) is 136 Å². The highest BCUT2D eigenvalue weighted by Crippen LogP contribution is 2.62. The van der Waals surface area contributed by atoms with Crippen molar-refractivity contribution < 1.29 is 23.5 Å². The summed E-state index contributed by atoms with van der Waals surface area (Å²) in [6.07, 6.45) is 3.73. The van der Waals surface area contributed by atoms with E-state index < -0.39 is 35.0 Å². The Morgan fingerprint density at radius 2 is 1.62 bits per heavy atom. The molecule has 0 bridgehead atoms. The van der Waals surface area contributed by atoms with Crippen molar-refractivity contribution in [2.75, 3.05) is 12.4 Å². The van der Waals surface area contributed by atoms with Crippen LogP contribution in [0.1, 0.15) is 49.0 Å². The van der Waals surface area contributed by atoms with Crippen LogP contribution in [-0.4, -0.2) is 35.5 Å². The van der Waals surface area contributed by atoms with Crippen LogP contribution in [-0.2, 0) is 10.2 Å². The maximum absolute atomic E-state index is 15.0. The van der Waals surface area contributed by atoms with E-state index in [-0.39, 0.29) is 23.0 Å². The smallest absolute Gasteiger partial charge is 0.238 e. The van der Waals surface area contributed by atoms with Gasteiger partial charge in [-0.25, -0.2) is 4.39 Å². The van der Waals surface area contributed by atoms with Crippen molar-refractivity contribution in [1.82, 2.24) is 4.90 Å². The number of Topliss-reactive ketones (excluding diaryl/α,β-unsaturated/α-hetero) is 2. The SMILES string of the molecule is COc1ccc(C(=O)[C@H]2[C@@H](C(=O)c3ccc(C)cc3)N3C=Cc4ccccc4[C@@H]3[C@@]23C(=O)Nc2ccccc23)cc1F. The maximum Gasteiger partial charge on any atom is 0.238 e. The number of ether oxygens (including phenoxy) is 1. The predicted molar refractivity (Wildman–Crippen MR) is 157 cm³/mol. The van der Waals surface area contributed by atoms with Crippen molar-refractivity contribution in [1.29, 1.82) is 0 Å². The summed E-state index contributed by atoms with van der Waals surface area (Å²) in [5, 5.41) is 3.02. The number of ketones is 2. The molecule has 4 atom stereocenters. The Morgan fingerprint density at radius 1 is 0.905 bits per heavy atom. The predicted octanol–water partition coefficient (Wildman–Crippen LogP) is 6.12. The molecule has 0 aliphatic carbocycles. The lowest BCUT2D eigenvalue weighted by molar-refractivity contribution is -0.122. The van der Waals surface area contributed by atoms with Crippen molar-refractivity contribution in [3.63, 3.8) is 0 Å². The number of fused-ring (bicyclic) bond motifs is 6.